The van der Waals surface area contributed by atoms with Crippen molar-refractivity contribution in [3.8, 4) is 0 Å². The van der Waals surface area contributed by atoms with Gasteiger partial charge in [0, 0.05) is 11.9 Å². The maximum Gasteiger partial charge on any atom is 0.257 e. The van der Waals surface area contributed by atoms with Gasteiger partial charge in [-0.1, -0.05) is 18.2 Å². The molecule has 19 heavy (non-hydrogen) atoms. The van der Waals surface area contributed by atoms with Crippen LogP contribution in [0.15, 0.2) is 35.1 Å². The number of fused-ring (bicyclic) bond motifs is 1. The first kappa shape index (κ1) is 12.2. The van der Waals surface area contributed by atoms with Crippen molar-refractivity contribution in [2.24, 2.45) is 5.92 Å². The summed E-state index contributed by atoms with van der Waals surface area (Å²) in [6.45, 7) is 3.12. The Balaban J connectivity index is 1.75. The molecule has 0 unspecified atom stereocenters. The molecule has 3 rings (SSSR count). The molecule has 0 radical (unpaired) electrons. The minimum absolute atomic E-state index is 0.0223. The van der Waals surface area contributed by atoms with E-state index in [4.69, 9.17) is 0 Å². The minimum atomic E-state index is -0.0223. The number of anilines is 1. The molecule has 4 heteroatoms. The predicted octanol–water partition coefficient (Wildman–Crippen LogP) is 1.94. The fraction of sp³-hybridized carbons (Fsp3) is 0.400. The molecule has 1 aliphatic rings. The van der Waals surface area contributed by atoms with E-state index in [9.17, 15) is 4.79 Å². The van der Waals surface area contributed by atoms with Crippen LogP contribution in [-0.2, 0) is 0 Å². The van der Waals surface area contributed by atoms with E-state index in [2.05, 4.69) is 15.6 Å². The van der Waals surface area contributed by atoms with Gasteiger partial charge in [-0.3, -0.25) is 4.79 Å². The average Bonchev–Trinajstić information content (AvgIpc) is 2.46. The Kier molecular flexibility index (Phi) is 3.51. The quantitative estimate of drug-likeness (QED) is 0.787. The van der Waals surface area contributed by atoms with Gasteiger partial charge in [0.1, 0.15) is 5.82 Å². The Morgan fingerprint density at radius 2 is 2.00 bits per heavy atom. The topological polar surface area (TPSA) is 56.9 Å². The van der Waals surface area contributed by atoms with Crippen molar-refractivity contribution in [1.29, 1.82) is 0 Å². The summed E-state index contributed by atoms with van der Waals surface area (Å²) in [5.74, 6) is 1.51. The van der Waals surface area contributed by atoms with E-state index in [1.807, 2.05) is 30.3 Å². The molecule has 1 fully saturated rings. The summed E-state index contributed by atoms with van der Waals surface area (Å²) in [6.07, 6.45) is 2.40. The molecule has 3 N–H and O–H groups in total. The van der Waals surface area contributed by atoms with Crippen molar-refractivity contribution in [1.82, 2.24) is 10.3 Å². The lowest BCUT2D eigenvalue weighted by molar-refractivity contribution is 0.389. The number of hydrogen-bond acceptors (Lipinski definition) is 3. The second-order valence-electron chi connectivity index (χ2n) is 5.17. The number of benzene rings is 1. The number of piperidine rings is 1. The monoisotopic (exact) mass is 257 g/mol. The number of aromatic nitrogens is 1. The summed E-state index contributed by atoms with van der Waals surface area (Å²) in [5, 5.41) is 8.46. The molecular formula is C15H19N3O. The molecule has 1 aromatic heterocycles. The normalized spacial score (nSPS) is 16.6. The Labute approximate surface area is 112 Å². The van der Waals surface area contributed by atoms with E-state index in [1.165, 1.54) is 12.8 Å². The minimum Gasteiger partial charge on any atom is -0.371 e. The number of hydrogen-bond donors (Lipinski definition) is 3. The van der Waals surface area contributed by atoms with Crippen molar-refractivity contribution >= 4 is 16.6 Å². The molecular weight excluding hydrogens is 238 g/mol. The van der Waals surface area contributed by atoms with Crippen LogP contribution in [0.2, 0.25) is 0 Å². The van der Waals surface area contributed by atoms with Gasteiger partial charge < -0.3 is 15.6 Å². The first-order chi connectivity index (χ1) is 9.33. The highest BCUT2D eigenvalue weighted by atomic mass is 16.1. The predicted molar refractivity (Wildman–Crippen MR) is 78.7 cm³/mol. The molecule has 0 bridgehead atoms. The summed E-state index contributed by atoms with van der Waals surface area (Å²) < 4.78 is 0. The van der Waals surface area contributed by atoms with Gasteiger partial charge in [0.15, 0.2) is 0 Å². The van der Waals surface area contributed by atoms with Gasteiger partial charge in [-0.05, 0) is 49.4 Å². The maximum absolute atomic E-state index is 11.9. The molecule has 1 saturated heterocycles. The van der Waals surface area contributed by atoms with Gasteiger partial charge in [-0.2, -0.15) is 0 Å². The van der Waals surface area contributed by atoms with Crippen molar-refractivity contribution in [2.45, 2.75) is 12.8 Å². The highest BCUT2D eigenvalue weighted by molar-refractivity contribution is 5.83. The number of H-pyrrole nitrogens is 1. The maximum atomic E-state index is 11.9. The third-order valence-electron chi connectivity index (χ3n) is 3.79. The molecule has 0 spiro atoms. The van der Waals surface area contributed by atoms with Crippen LogP contribution in [0, 0.1) is 5.92 Å². The zero-order valence-corrected chi connectivity index (χ0v) is 10.9. The van der Waals surface area contributed by atoms with E-state index in [1.54, 1.807) is 0 Å². The highest BCUT2D eigenvalue weighted by Crippen LogP contribution is 2.15. The van der Waals surface area contributed by atoms with Gasteiger partial charge >= 0.3 is 0 Å². The standard InChI is InChI=1S/C15H19N3O/c19-15-13-4-2-1-3-12(13)9-14(18-15)17-10-11-5-7-16-8-6-11/h1-4,9,11,16H,5-8,10H2,(H2,17,18,19). The zero-order chi connectivity index (χ0) is 13.1. The van der Waals surface area contributed by atoms with Crippen LogP contribution in [0.25, 0.3) is 10.8 Å². The Morgan fingerprint density at radius 3 is 2.84 bits per heavy atom. The molecule has 1 aromatic carbocycles. The molecule has 0 aliphatic carbocycles. The SMILES string of the molecule is O=c1[nH]c(NCC2CCNCC2)cc2ccccc12. The second kappa shape index (κ2) is 5.45. The summed E-state index contributed by atoms with van der Waals surface area (Å²) in [7, 11) is 0. The lowest BCUT2D eigenvalue weighted by Crippen LogP contribution is -2.31. The number of aromatic amines is 1. The summed E-state index contributed by atoms with van der Waals surface area (Å²) in [6, 6.07) is 9.68. The van der Waals surface area contributed by atoms with Crippen LogP contribution in [-0.4, -0.2) is 24.6 Å². The van der Waals surface area contributed by atoms with Gasteiger partial charge in [-0.15, -0.1) is 0 Å². The third-order valence-corrected chi connectivity index (χ3v) is 3.79. The lowest BCUT2D eigenvalue weighted by Gasteiger charge is -2.23. The molecule has 100 valence electrons. The van der Waals surface area contributed by atoms with E-state index < -0.39 is 0 Å². The molecule has 0 amide bonds. The van der Waals surface area contributed by atoms with Crippen molar-refractivity contribution in [3.05, 3.63) is 40.7 Å². The van der Waals surface area contributed by atoms with Crippen LogP contribution >= 0.6 is 0 Å². The first-order valence-corrected chi connectivity index (χ1v) is 6.89. The molecule has 2 aromatic rings. The molecule has 1 aliphatic heterocycles. The van der Waals surface area contributed by atoms with Crippen LogP contribution in [0.5, 0.6) is 0 Å². The van der Waals surface area contributed by atoms with Crippen LogP contribution in [0.3, 0.4) is 0 Å². The van der Waals surface area contributed by atoms with Gasteiger partial charge in [0.05, 0.1) is 0 Å². The Hall–Kier alpha value is -1.81. The molecule has 2 heterocycles. The summed E-state index contributed by atoms with van der Waals surface area (Å²) in [4.78, 5) is 14.9. The van der Waals surface area contributed by atoms with E-state index in [-0.39, 0.29) is 5.56 Å². The van der Waals surface area contributed by atoms with Crippen LogP contribution in [0.1, 0.15) is 12.8 Å². The van der Waals surface area contributed by atoms with Crippen LogP contribution < -0.4 is 16.2 Å². The zero-order valence-electron chi connectivity index (χ0n) is 10.9. The molecule has 4 nitrogen and oxygen atoms in total. The third kappa shape index (κ3) is 2.79. The average molecular weight is 257 g/mol. The smallest absolute Gasteiger partial charge is 0.257 e. The highest BCUT2D eigenvalue weighted by Gasteiger charge is 2.12. The first-order valence-electron chi connectivity index (χ1n) is 6.89. The largest absolute Gasteiger partial charge is 0.371 e. The Bertz CT molecular complexity index is 614. The molecule has 0 saturated carbocycles. The fourth-order valence-corrected chi connectivity index (χ4v) is 2.65. The van der Waals surface area contributed by atoms with Crippen molar-refractivity contribution in [3.63, 3.8) is 0 Å². The summed E-state index contributed by atoms with van der Waals surface area (Å²) in [5.41, 5.74) is -0.0223. The van der Waals surface area contributed by atoms with E-state index in [0.717, 1.165) is 36.2 Å². The number of nitrogens with one attached hydrogen (secondary N) is 3. The fourth-order valence-electron chi connectivity index (χ4n) is 2.65. The van der Waals surface area contributed by atoms with Crippen molar-refractivity contribution < 1.29 is 0 Å². The van der Waals surface area contributed by atoms with Crippen molar-refractivity contribution in [2.75, 3.05) is 25.0 Å². The van der Waals surface area contributed by atoms with E-state index >= 15 is 0 Å². The lowest BCUT2D eigenvalue weighted by atomic mass is 9.98. The Morgan fingerprint density at radius 1 is 1.21 bits per heavy atom. The number of rotatable bonds is 3. The van der Waals surface area contributed by atoms with Gasteiger partial charge in [0.2, 0.25) is 0 Å². The summed E-state index contributed by atoms with van der Waals surface area (Å²) >= 11 is 0. The van der Waals surface area contributed by atoms with Crippen LogP contribution in [0.4, 0.5) is 5.82 Å². The molecule has 0 atom stereocenters. The van der Waals surface area contributed by atoms with Gasteiger partial charge in [-0.25, -0.2) is 0 Å². The second-order valence-corrected chi connectivity index (χ2v) is 5.17. The van der Waals surface area contributed by atoms with Gasteiger partial charge in [0.25, 0.3) is 5.56 Å². The number of pyridine rings is 1. The van der Waals surface area contributed by atoms with E-state index in [0.29, 0.717) is 5.92 Å².